The van der Waals surface area contributed by atoms with E-state index in [0.717, 1.165) is 32.5 Å². The second-order valence-corrected chi connectivity index (χ2v) is 4.05. The van der Waals surface area contributed by atoms with Crippen molar-refractivity contribution in [3.05, 3.63) is 0 Å². The lowest BCUT2D eigenvalue weighted by atomic mass is 9.76. The summed E-state index contributed by atoms with van der Waals surface area (Å²) < 4.78 is 0. The second-order valence-electron chi connectivity index (χ2n) is 3.79. The summed E-state index contributed by atoms with van der Waals surface area (Å²) in [5, 5.41) is 10.00. The first-order valence-electron chi connectivity index (χ1n) is 4.25. The van der Waals surface area contributed by atoms with Crippen LogP contribution < -0.4 is 0 Å². The monoisotopic (exact) mass is 211 g/mol. The average molecular weight is 212 g/mol. The number of piperidine rings is 3. The Morgan fingerprint density at radius 3 is 2.25 bits per heavy atom. The van der Waals surface area contributed by atoms with Gasteiger partial charge >= 0.3 is 0 Å². The molecule has 1 atom stereocenters. The Balaban J connectivity index is 0.000000720. The van der Waals surface area contributed by atoms with Crippen molar-refractivity contribution in [2.75, 3.05) is 25.5 Å². The molecule has 0 radical (unpaired) electrons. The third kappa shape index (κ3) is 1.58. The molecule has 0 aromatic rings. The zero-order valence-corrected chi connectivity index (χ0v) is 8.57. The normalized spacial score (nSPS) is 45.5. The molecule has 1 unspecified atom stereocenters. The van der Waals surface area contributed by atoms with Crippen molar-refractivity contribution < 1.29 is 5.11 Å². The molecule has 3 fully saturated rings. The number of hydrogen-bond acceptors (Lipinski definition) is 2. The van der Waals surface area contributed by atoms with Gasteiger partial charge in [-0.05, 0) is 31.8 Å². The number of rotatable bonds is 1. The Morgan fingerprint density at radius 1 is 1.42 bits per heavy atom. The summed E-state index contributed by atoms with van der Waals surface area (Å²) in [6.45, 7) is 3.11. The first-order chi connectivity index (χ1) is 5.24. The van der Waals surface area contributed by atoms with Gasteiger partial charge in [-0.25, -0.2) is 0 Å². The summed E-state index contributed by atoms with van der Waals surface area (Å²) in [7, 11) is 0. The van der Waals surface area contributed by atoms with Gasteiger partial charge in [0.15, 0.2) is 0 Å². The van der Waals surface area contributed by atoms with Crippen LogP contribution in [-0.4, -0.2) is 41.1 Å². The van der Waals surface area contributed by atoms with Crippen molar-refractivity contribution in [3.8, 4) is 0 Å². The molecule has 72 valence electrons. The summed E-state index contributed by atoms with van der Waals surface area (Å²) in [5.41, 5.74) is -0.571. The molecule has 0 aromatic carbocycles. The quantitative estimate of drug-likeness (QED) is 0.658. The van der Waals surface area contributed by atoms with Crippen molar-refractivity contribution in [2.24, 2.45) is 5.92 Å². The second kappa shape index (κ2) is 3.70. The Labute approximate surface area is 84.3 Å². The predicted octanol–water partition coefficient (Wildman–Crippen LogP) is 1.10. The molecular weight excluding hydrogens is 197 g/mol. The van der Waals surface area contributed by atoms with E-state index < -0.39 is 5.60 Å². The SMILES string of the molecule is Cl.OC1(CCl)CN2CCC1CC2. The van der Waals surface area contributed by atoms with Crippen LogP contribution in [0.1, 0.15) is 12.8 Å². The van der Waals surface area contributed by atoms with E-state index in [2.05, 4.69) is 4.90 Å². The summed E-state index contributed by atoms with van der Waals surface area (Å²) in [4.78, 5) is 2.31. The summed E-state index contributed by atoms with van der Waals surface area (Å²) in [6.07, 6.45) is 2.26. The Kier molecular flexibility index (Phi) is 3.27. The summed E-state index contributed by atoms with van der Waals surface area (Å²) in [5.74, 6) is 0.860. The van der Waals surface area contributed by atoms with Crippen LogP contribution in [0.4, 0.5) is 0 Å². The van der Waals surface area contributed by atoms with E-state index in [-0.39, 0.29) is 12.4 Å². The molecule has 1 N–H and O–H groups in total. The molecule has 3 saturated heterocycles. The molecule has 3 heterocycles. The fourth-order valence-electron chi connectivity index (χ4n) is 2.30. The van der Waals surface area contributed by atoms with E-state index in [0.29, 0.717) is 11.8 Å². The van der Waals surface area contributed by atoms with E-state index in [4.69, 9.17) is 11.6 Å². The highest BCUT2D eigenvalue weighted by atomic mass is 35.5. The van der Waals surface area contributed by atoms with Crippen LogP contribution in [0.3, 0.4) is 0 Å². The number of aliphatic hydroxyl groups is 1. The number of nitrogens with zero attached hydrogens (tertiary/aromatic N) is 1. The lowest BCUT2D eigenvalue weighted by molar-refractivity contribution is -0.0958. The molecule has 3 aliphatic heterocycles. The molecule has 3 rings (SSSR count). The van der Waals surface area contributed by atoms with Gasteiger partial charge in [0.05, 0.1) is 11.5 Å². The lowest BCUT2D eigenvalue weighted by Gasteiger charge is -2.49. The van der Waals surface area contributed by atoms with Gasteiger partial charge in [0, 0.05) is 6.54 Å². The zero-order chi connectivity index (χ0) is 7.90. The Morgan fingerprint density at radius 2 is 2.00 bits per heavy atom. The van der Waals surface area contributed by atoms with Crippen molar-refractivity contribution in [1.29, 1.82) is 0 Å². The Hall–Kier alpha value is 0.500. The highest BCUT2D eigenvalue weighted by Gasteiger charge is 2.44. The fraction of sp³-hybridized carbons (Fsp3) is 1.00. The van der Waals surface area contributed by atoms with Crippen LogP contribution >= 0.6 is 24.0 Å². The molecular formula is C8H15Cl2NO. The summed E-state index contributed by atoms with van der Waals surface area (Å²) >= 11 is 5.74. The smallest absolute Gasteiger partial charge is 0.0937 e. The molecule has 0 amide bonds. The lowest BCUT2D eigenvalue weighted by Crippen LogP contribution is -2.60. The first kappa shape index (κ1) is 10.6. The highest BCUT2D eigenvalue weighted by Crippen LogP contribution is 2.35. The van der Waals surface area contributed by atoms with E-state index in [1.54, 1.807) is 0 Å². The van der Waals surface area contributed by atoms with Crippen LogP contribution in [0.25, 0.3) is 0 Å². The fourth-order valence-corrected chi connectivity index (χ4v) is 2.60. The van der Waals surface area contributed by atoms with Crippen molar-refractivity contribution in [3.63, 3.8) is 0 Å². The maximum Gasteiger partial charge on any atom is 0.0937 e. The molecule has 4 heteroatoms. The Bertz CT molecular complexity index is 159. The molecule has 0 saturated carbocycles. The van der Waals surface area contributed by atoms with Crippen LogP contribution in [0, 0.1) is 5.92 Å². The number of hydrogen-bond donors (Lipinski definition) is 1. The van der Waals surface area contributed by atoms with Gasteiger partial charge < -0.3 is 10.0 Å². The van der Waals surface area contributed by atoms with Gasteiger partial charge in [-0.15, -0.1) is 24.0 Å². The van der Waals surface area contributed by atoms with Crippen LogP contribution in [0.15, 0.2) is 0 Å². The molecule has 2 bridgehead atoms. The predicted molar refractivity (Wildman–Crippen MR) is 52.1 cm³/mol. The number of fused-ring (bicyclic) bond motifs is 3. The molecule has 0 aromatic heterocycles. The van der Waals surface area contributed by atoms with E-state index in [9.17, 15) is 5.11 Å². The molecule has 0 spiro atoms. The highest BCUT2D eigenvalue weighted by molar-refractivity contribution is 6.18. The maximum atomic E-state index is 10.00. The number of halogens is 2. The van der Waals surface area contributed by atoms with Gasteiger partial charge in [-0.3, -0.25) is 0 Å². The zero-order valence-electron chi connectivity index (χ0n) is 7.00. The van der Waals surface area contributed by atoms with Crippen LogP contribution in [-0.2, 0) is 0 Å². The minimum atomic E-state index is -0.571. The van der Waals surface area contributed by atoms with Gasteiger partial charge in [-0.1, -0.05) is 0 Å². The first-order valence-corrected chi connectivity index (χ1v) is 4.79. The van der Waals surface area contributed by atoms with Gasteiger partial charge in [0.25, 0.3) is 0 Å². The average Bonchev–Trinajstić information content (AvgIpc) is 2.06. The molecule has 3 aliphatic rings. The third-order valence-corrected chi connectivity index (χ3v) is 3.54. The van der Waals surface area contributed by atoms with E-state index in [1.807, 2.05) is 0 Å². The van der Waals surface area contributed by atoms with Crippen molar-refractivity contribution in [1.82, 2.24) is 4.90 Å². The number of alkyl halides is 1. The van der Waals surface area contributed by atoms with Crippen molar-refractivity contribution >= 4 is 24.0 Å². The van der Waals surface area contributed by atoms with Crippen LogP contribution in [0.5, 0.6) is 0 Å². The van der Waals surface area contributed by atoms with Gasteiger partial charge in [0.2, 0.25) is 0 Å². The van der Waals surface area contributed by atoms with Crippen LogP contribution in [0.2, 0.25) is 0 Å². The van der Waals surface area contributed by atoms with Gasteiger partial charge in [0.1, 0.15) is 0 Å². The summed E-state index contributed by atoms with van der Waals surface area (Å²) in [6, 6.07) is 0. The largest absolute Gasteiger partial charge is 0.387 e. The van der Waals surface area contributed by atoms with Gasteiger partial charge in [-0.2, -0.15) is 0 Å². The molecule has 12 heavy (non-hydrogen) atoms. The topological polar surface area (TPSA) is 23.5 Å². The van der Waals surface area contributed by atoms with E-state index in [1.165, 1.54) is 0 Å². The van der Waals surface area contributed by atoms with E-state index >= 15 is 0 Å². The molecule has 2 nitrogen and oxygen atoms in total. The molecule has 0 aliphatic carbocycles. The maximum absolute atomic E-state index is 10.00. The standard InChI is InChI=1S/C8H14ClNO.ClH/c9-5-8(11)6-10-3-1-7(8)2-4-10;/h7,11H,1-6H2;1H. The third-order valence-electron chi connectivity index (χ3n) is 3.08. The van der Waals surface area contributed by atoms with Crippen molar-refractivity contribution in [2.45, 2.75) is 18.4 Å². The minimum absolute atomic E-state index is 0. The minimum Gasteiger partial charge on any atom is -0.387 e.